The normalized spacial score (nSPS) is 13.4. The Balaban J connectivity index is 2.44. The molecule has 2 aromatic heterocycles. The summed E-state index contributed by atoms with van der Waals surface area (Å²) in [7, 11) is 0. The molecule has 0 saturated heterocycles. The number of halogens is 1. The molecule has 3 nitrogen and oxygen atoms in total. The molecule has 74 valence electrons. The Morgan fingerprint density at radius 1 is 1.57 bits per heavy atom. The van der Waals surface area contributed by atoms with Crippen LogP contribution in [0.25, 0.3) is 5.65 Å². The smallest absolute Gasteiger partial charge is 0.137 e. The molecule has 0 aliphatic heterocycles. The molecule has 1 atom stereocenters. The number of aromatic nitrogens is 2. The van der Waals surface area contributed by atoms with Gasteiger partial charge in [0, 0.05) is 12.2 Å². The Hall–Kier alpha value is -0.870. The van der Waals surface area contributed by atoms with Gasteiger partial charge in [-0.2, -0.15) is 0 Å². The zero-order valence-corrected chi connectivity index (χ0v) is 9.53. The summed E-state index contributed by atoms with van der Waals surface area (Å²) in [5, 5.41) is 0. The zero-order valence-electron chi connectivity index (χ0n) is 7.94. The van der Waals surface area contributed by atoms with Crippen LogP contribution in [0.3, 0.4) is 0 Å². The number of nitrogens with two attached hydrogens (primary N) is 1. The number of hydrogen-bond acceptors (Lipinski definition) is 2. The molecule has 0 spiro atoms. The molecular weight excluding hydrogens is 242 g/mol. The van der Waals surface area contributed by atoms with Crippen molar-refractivity contribution in [2.24, 2.45) is 5.73 Å². The van der Waals surface area contributed by atoms with Crippen LogP contribution in [0, 0.1) is 0 Å². The third-order valence-corrected chi connectivity index (χ3v) is 2.67. The highest BCUT2D eigenvalue weighted by Crippen LogP contribution is 2.14. The monoisotopic (exact) mass is 253 g/mol. The molecule has 4 heteroatoms. The summed E-state index contributed by atoms with van der Waals surface area (Å²) in [5.41, 5.74) is 7.92. The average molecular weight is 254 g/mol. The van der Waals surface area contributed by atoms with E-state index in [4.69, 9.17) is 5.73 Å². The first-order valence-corrected chi connectivity index (χ1v) is 5.33. The van der Waals surface area contributed by atoms with Crippen LogP contribution in [-0.4, -0.2) is 15.4 Å². The minimum atomic E-state index is 0.190. The van der Waals surface area contributed by atoms with E-state index in [2.05, 4.69) is 33.2 Å². The van der Waals surface area contributed by atoms with Crippen LogP contribution < -0.4 is 5.73 Å². The second-order valence-corrected chi connectivity index (χ2v) is 4.34. The van der Waals surface area contributed by atoms with Gasteiger partial charge < -0.3 is 5.73 Å². The molecule has 1 unspecified atom stereocenters. The standard InChI is InChI=1S/C10H12BrN3/c1-7(12)4-8-2-3-10-13-5-9(11)14(10)6-8/h2-3,5-7H,4,12H2,1H3. The number of fused-ring (bicyclic) bond motifs is 1. The predicted molar refractivity (Wildman–Crippen MR) is 60.2 cm³/mol. The molecule has 0 saturated carbocycles. The van der Waals surface area contributed by atoms with E-state index in [0.29, 0.717) is 0 Å². The first-order valence-electron chi connectivity index (χ1n) is 4.54. The minimum Gasteiger partial charge on any atom is -0.328 e. The second kappa shape index (κ2) is 3.71. The quantitative estimate of drug-likeness (QED) is 0.890. The summed E-state index contributed by atoms with van der Waals surface area (Å²) in [6.45, 7) is 2.01. The van der Waals surface area contributed by atoms with E-state index < -0.39 is 0 Å². The summed E-state index contributed by atoms with van der Waals surface area (Å²) in [6.07, 6.45) is 4.75. The van der Waals surface area contributed by atoms with Gasteiger partial charge in [0.1, 0.15) is 10.3 Å². The van der Waals surface area contributed by atoms with Gasteiger partial charge in [-0.1, -0.05) is 6.07 Å². The molecule has 0 aliphatic carbocycles. The minimum absolute atomic E-state index is 0.190. The second-order valence-electron chi connectivity index (χ2n) is 3.53. The van der Waals surface area contributed by atoms with Gasteiger partial charge in [-0.25, -0.2) is 4.98 Å². The lowest BCUT2D eigenvalue weighted by Gasteiger charge is -2.05. The van der Waals surface area contributed by atoms with Gasteiger partial charge in [0.2, 0.25) is 0 Å². The van der Waals surface area contributed by atoms with E-state index in [1.54, 1.807) is 6.20 Å². The van der Waals surface area contributed by atoms with Crippen LogP contribution in [-0.2, 0) is 6.42 Å². The molecule has 0 aromatic carbocycles. The van der Waals surface area contributed by atoms with Crippen molar-refractivity contribution in [3.8, 4) is 0 Å². The molecule has 14 heavy (non-hydrogen) atoms. The van der Waals surface area contributed by atoms with E-state index in [0.717, 1.165) is 16.7 Å². The van der Waals surface area contributed by atoms with Crippen molar-refractivity contribution in [1.82, 2.24) is 9.38 Å². The van der Waals surface area contributed by atoms with Crippen LogP contribution in [0.4, 0.5) is 0 Å². The summed E-state index contributed by atoms with van der Waals surface area (Å²) < 4.78 is 2.98. The van der Waals surface area contributed by atoms with Gasteiger partial charge in [0.05, 0.1) is 6.20 Å². The van der Waals surface area contributed by atoms with Crippen molar-refractivity contribution in [3.05, 3.63) is 34.7 Å². The number of hydrogen-bond donors (Lipinski definition) is 1. The van der Waals surface area contributed by atoms with Crippen LogP contribution in [0.15, 0.2) is 29.1 Å². The van der Waals surface area contributed by atoms with E-state index in [1.165, 1.54) is 5.56 Å². The number of pyridine rings is 1. The van der Waals surface area contributed by atoms with Gasteiger partial charge >= 0.3 is 0 Å². The van der Waals surface area contributed by atoms with Crippen LogP contribution in [0.1, 0.15) is 12.5 Å². The van der Waals surface area contributed by atoms with E-state index in [-0.39, 0.29) is 6.04 Å². The fourth-order valence-corrected chi connectivity index (χ4v) is 1.87. The van der Waals surface area contributed by atoms with E-state index in [9.17, 15) is 0 Å². The maximum atomic E-state index is 5.75. The number of nitrogens with zero attached hydrogens (tertiary/aromatic N) is 2. The Labute approximate surface area is 91.1 Å². The zero-order chi connectivity index (χ0) is 10.1. The maximum Gasteiger partial charge on any atom is 0.137 e. The third kappa shape index (κ3) is 1.81. The molecule has 2 rings (SSSR count). The van der Waals surface area contributed by atoms with Crippen molar-refractivity contribution in [2.45, 2.75) is 19.4 Å². The molecule has 0 amide bonds. The lowest BCUT2D eigenvalue weighted by atomic mass is 10.1. The summed E-state index contributed by atoms with van der Waals surface area (Å²) in [5.74, 6) is 0. The summed E-state index contributed by atoms with van der Waals surface area (Å²) >= 11 is 3.44. The number of rotatable bonds is 2. The Morgan fingerprint density at radius 2 is 2.36 bits per heavy atom. The van der Waals surface area contributed by atoms with Crippen molar-refractivity contribution in [1.29, 1.82) is 0 Å². The molecular formula is C10H12BrN3. The molecule has 0 aliphatic rings. The Kier molecular flexibility index (Phi) is 2.56. The van der Waals surface area contributed by atoms with Gasteiger partial charge in [0.25, 0.3) is 0 Å². The first kappa shape index (κ1) is 9.68. The molecule has 2 heterocycles. The molecule has 0 fully saturated rings. The Bertz CT molecular complexity index is 448. The van der Waals surface area contributed by atoms with E-state index >= 15 is 0 Å². The fourth-order valence-electron chi connectivity index (χ4n) is 1.49. The van der Waals surface area contributed by atoms with Crippen LogP contribution in [0.5, 0.6) is 0 Å². The van der Waals surface area contributed by atoms with Crippen molar-refractivity contribution >= 4 is 21.6 Å². The Morgan fingerprint density at radius 3 is 3.07 bits per heavy atom. The van der Waals surface area contributed by atoms with Crippen LogP contribution in [0.2, 0.25) is 0 Å². The highest BCUT2D eigenvalue weighted by molar-refractivity contribution is 9.10. The topological polar surface area (TPSA) is 43.3 Å². The van der Waals surface area contributed by atoms with Crippen molar-refractivity contribution in [2.75, 3.05) is 0 Å². The fraction of sp³-hybridized carbons (Fsp3) is 0.300. The molecule has 0 bridgehead atoms. The maximum absolute atomic E-state index is 5.75. The third-order valence-electron chi connectivity index (χ3n) is 2.08. The van der Waals surface area contributed by atoms with Gasteiger partial charge in [-0.15, -0.1) is 0 Å². The highest BCUT2D eigenvalue weighted by Gasteiger charge is 2.02. The van der Waals surface area contributed by atoms with Gasteiger partial charge in [-0.3, -0.25) is 4.40 Å². The SMILES string of the molecule is CC(N)Cc1ccc2ncc(Br)n2c1. The van der Waals surface area contributed by atoms with Crippen LogP contribution >= 0.6 is 15.9 Å². The van der Waals surface area contributed by atoms with Crippen molar-refractivity contribution in [3.63, 3.8) is 0 Å². The van der Waals surface area contributed by atoms with Crippen molar-refractivity contribution < 1.29 is 0 Å². The van der Waals surface area contributed by atoms with Gasteiger partial charge in [0.15, 0.2) is 0 Å². The first-order chi connectivity index (χ1) is 6.66. The number of imidazole rings is 1. The molecule has 2 aromatic rings. The van der Waals surface area contributed by atoms with Gasteiger partial charge in [-0.05, 0) is 40.9 Å². The average Bonchev–Trinajstić information content (AvgIpc) is 2.47. The predicted octanol–water partition coefficient (Wildman–Crippen LogP) is 1.99. The molecule has 0 radical (unpaired) electrons. The highest BCUT2D eigenvalue weighted by atomic mass is 79.9. The summed E-state index contributed by atoms with van der Waals surface area (Å²) in [4.78, 5) is 4.22. The lowest BCUT2D eigenvalue weighted by Crippen LogP contribution is -2.17. The van der Waals surface area contributed by atoms with E-state index in [1.807, 2.05) is 17.4 Å². The largest absolute Gasteiger partial charge is 0.328 e. The summed E-state index contributed by atoms with van der Waals surface area (Å²) in [6, 6.07) is 4.26. The lowest BCUT2D eigenvalue weighted by molar-refractivity contribution is 0.734. The molecule has 2 N–H and O–H groups in total.